The SMILES string of the molecule is Cc1cc(C(=O)N2CCC(N3CCCCC3)CC2)sc1Br. The van der Waals surface area contributed by atoms with Crippen molar-refractivity contribution >= 4 is 33.2 Å². The predicted octanol–water partition coefficient (Wildman–Crippen LogP) is 3.91. The summed E-state index contributed by atoms with van der Waals surface area (Å²) in [6, 6.07) is 2.71. The average Bonchev–Trinajstić information content (AvgIpc) is 2.87. The molecule has 116 valence electrons. The van der Waals surface area contributed by atoms with E-state index in [0.29, 0.717) is 6.04 Å². The highest BCUT2D eigenvalue weighted by molar-refractivity contribution is 9.11. The van der Waals surface area contributed by atoms with Gasteiger partial charge in [0.15, 0.2) is 0 Å². The number of likely N-dealkylation sites (tertiary alicyclic amines) is 2. The largest absolute Gasteiger partial charge is 0.338 e. The Balaban J connectivity index is 1.56. The van der Waals surface area contributed by atoms with Crippen LogP contribution in [0.4, 0.5) is 0 Å². The van der Waals surface area contributed by atoms with Crippen molar-refractivity contribution < 1.29 is 4.79 Å². The number of hydrogen-bond donors (Lipinski definition) is 0. The maximum absolute atomic E-state index is 12.6. The zero-order chi connectivity index (χ0) is 14.8. The number of piperidine rings is 2. The molecule has 0 aromatic carbocycles. The third kappa shape index (κ3) is 3.51. The molecular formula is C16H23BrN2OS. The van der Waals surface area contributed by atoms with Crippen molar-refractivity contribution in [3.05, 3.63) is 20.3 Å². The van der Waals surface area contributed by atoms with Gasteiger partial charge in [-0.25, -0.2) is 0 Å². The summed E-state index contributed by atoms with van der Waals surface area (Å²) < 4.78 is 1.08. The second-order valence-corrected chi connectivity index (χ2v) is 8.56. The fourth-order valence-electron chi connectivity index (χ4n) is 3.44. The first kappa shape index (κ1) is 15.5. The van der Waals surface area contributed by atoms with Crippen molar-refractivity contribution in [2.45, 2.75) is 45.1 Å². The monoisotopic (exact) mass is 370 g/mol. The Bertz CT molecular complexity index is 483. The highest BCUT2D eigenvalue weighted by Gasteiger charge is 2.28. The number of hydrogen-bond acceptors (Lipinski definition) is 3. The molecule has 3 rings (SSSR count). The first-order chi connectivity index (χ1) is 10.1. The molecule has 3 heterocycles. The molecule has 0 spiro atoms. The van der Waals surface area contributed by atoms with Gasteiger partial charge in [-0.1, -0.05) is 6.42 Å². The molecule has 21 heavy (non-hydrogen) atoms. The van der Waals surface area contributed by atoms with Crippen LogP contribution in [0.2, 0.25) is 0 Å². The molecule has 0 unspecified atom stereocenters. The molecule has 1 aromatic heterocycles. The lowest BCUT2D eigenvalue weighted by atomic mass is 10.00. The smallest absolute Gasteiger partial charge is 0.263 e. The number of rotatable bonds is 2. The van der Waals surface area contributed by atoms with Gasteiger partial charge in [0.05, 0.1) is 8.66 Å². The number of carbonyl (C=O) groups excluding carboxylic acids is 1. The van der Waals surface area contributed by atoms with E-state index in [2.05, 4.69) is 20.8 Å². The van der Waals surface area contributed by atoms with Crippen LogP contribution >= 0.6 is 27.3 Å². The van der Waals surface area contributed by atoms with Crippen LogP contribution in [0.3, 0.4) is 0 Å². The van der Waals surface area contributed by atoms with E-state index in [1.54, 1.807) is 11.3 Å². The quantitative estimate of drug-likeness (QED) is 0.787. The zero-order valence-electron chi connectivity index (χ0n) is 12.6. The Morgan fingerprint density at radius 1 is 1.19 bits per heavy atom. The van der Waals surface area contributed by atoms with Crippen LogP contribution in [0.25, 0.3) is 0 Å². The summed E-state index contributed by atoms with van der Waals surface area (Å²) in [4.78, 5) is 18.1. The van der Waals surface area contributed by atoms with Crippen LogP contribution in [0, 0.1) is 6.92 Å². The molecule has 0 aliphatic carbocycles. The van der Waals surface area contributed by atoms with Crippen molar-refractivity contribution in [1.82, 2.24) is 9.80 Å². The molecule has 0 atom stereocenters. The minimum atomic E-state index is 0.214. The first-order valence-corrected chi connectivity index (χ1v) is 9.55. The van der Waals surface area contributed by atoms with Crippen molar-refractivity contribution in [2.24, 2.45) is 0 Å². The Kier molecular flexibility index (Phi) is 5.02. The van der Waals surface area contributed by atoms with Crippen LogP contribution < -0.4 is 0 Å². The predicted molar refractivity (Wildman–Crippen MR) is 91.1 cm³/mol. The molecular weight excluding hydrogens is 348 g/mol. The molecule has 3 nitrogen and oxygen atoms in total. The summed E-state index contributed by atoms with van der Waals surface area (Å²) in [5, 5.41) is 0. The normalized spacial score (nSPS) is 21.7. The van der Waals surface area contributed by atoms with E-state index in [4.69, 9.17) is 0 Å². The third-order valence-electron chi connectivity index (χ3n) is 4.73. The fraction of sp³-hybridized carbons (Fsp3) is 0.688. The molecule has 5 heteroatoms. The van der Waals surface area contributed by atoms with Gasteiger partial charge >= 0.3 is 0 Å². The number of amides is 1. The van der Waals surface area contributed by atoms with E-state index in [-0.39, 0.29) is 5.91 Å². The van der Waals surface area contributed by atoms with Crippen LogP contribution in [0.15, 0.2) is 9.85 Å². The van der Waals surface area contributed by atoms with Crippen molar-refractivity contribution in [3.63, 3.8) is 0 Å². The topological polar surface area (TPSA) is 23.6 Å². The minimum absolute atomic E-state index is 0.214. The third-order valence-corrected chi connectivity index (χ3v) is 6.85. The van der Waals surface area contributed by atoms with Gasteiger partial charge < -0.3 is 9.80 Å². The molecule has 0 radical (unpaired) electrons. The molecule has 2 fully saturated rings. The minimum Gasteiger partial charge on any atom is -0.338 e. The molecule has 2 aliphatic rings. The van der Waals surface area contributed by atoms with Crippen molar-refractivity contribution in [3.8, 4) is 0 Å². The number of carbonyl (C=O) groups is 1. The van der Waals surface area contributed by atoms with E-state index in [0.717, 1.165) is 40.2 Å². The van der Waals surface area contributed by atoms with Gasteiger partial charge in [-0.3, -0.25) is 4.79 Å². The maximum Gasteiger partial charge on any atom is 0.263 e. The van der Waals surface area contributed by atoms with Gasteiger partial charge in [0.1, 0.15) is 0 Å². The van der Waals surface area contributed by atoms with Crippen LogP contribution in [-0.2, 0) is 0 Å². The van der Waals surface area contributed by atoms with Gasteiger partial charge in [-0.2, -0.15) is 0 Å². The lowest BCUT2D eigenvalue weighted by molar-refractivity contribution is 0.0594. The number of aryl methyl sites for hydroxylation is 1. The van der Waals surface area contributed by atoms with E-state index >= 15 is 0 Å². The average molecular weight is 371 g/mol. The van der Waals surface area contributed by atoms with Crippen LogP contribution in [-0.4, -0.2) is 47.9 Å². The summed E-state index contributed by atoms with van der Waals surface area (Å²) in [5.74, 6) is 0.214. The summed E-state index contributed by atoms with van der Waals surface area (Å²) in [5.41, 5.74) is 1.16. The van der Waals surface area contributed by atoms with Gasteiger partial charge in [-0.05, 0) is 73.3 Å². The lowest BCUT2D eigenvalue weighted by Crippen LogP contribution is -2.48. The Morgan fingerprint density at radius 2 is 1.86 bits per heavy atom. The maximum atomic E-state index is 12.6. The summed E-state index contributed by atoms with van der Waals surface area (Å²) in [6.45, 7) is 6.38. The Hall–Kier alpha value is -0.390. The second-order valence-electron chi connectivity index (χ2n) is 6.19. The molecule has 2 saturated heterocycles. The summed E-state index contributed by atoms with van der Waals surface area (Å²) >= 11 is 5.07. The van der Waals surface area contributed by atoms with Gasteiger partial charge in [0, 0.05) is 19.1 Å². The Labute approximate surface area is 139 Å². The molecule has 1 aromatic rings. The molecule has 2 aliphatic heterocycles. The highest BCUT2D eigenvalue weighted by Crippen LogP contribution is 2.29. The van der Waals surface area contributed by atoms with Gasteiger partial charge in [0.2, 0.25) is 0 Å². The van der Waals surface area contributed by atoms with Crippen LogP contribution in [0.1, 0.15) is 47.3 Å². The summed E-state index contributed by atoms with van der Waals surface area (Å²) in [7, 11) is 0. The number of halogens is 1. The van der Waals surface area contributed by atoms with Gasteiger partial charge in [0.25, 0.3) is 5.91 Å². The summed E-state index contributed by atoms with van der Waals surface area (Å²) in [6.07, 6.45) is 6.36. The van der Waals surface area contributed by atoms with Crippen LogP contribution in [0.5, 0.6) is 0 Å². The second kappa shape index (κ2) is 6.80. The first-order valence-electron chi connectivity index (χ1n) is 7.94. The fourth-order valence-corrected chi connectivity index (χ4v) is 4.94. The molecule has 1 amide bonds. The van der Waals surface area contributed by atoms with Gasteiger partial charge in [-0.15, -0.1) is 11.3 Å². The molecule has 0 N–H and O–H groups in total. The molecule has 0 bridgehead atoms. The zero-order valence-corrected chi connectivity index (χ0v) is 15.0. The highest BCUT2D eigenvalue weighted by atomic mass is 79.9. The van der Waals surface area contributed by atoms with E-state index < -0.39 is 0 Å². The number of nitrogens with zero attached hydrogens (tertiary/aromatic N) is 2. The molecule has 0 saturated carbocycles. The van der Waals surface area contributed by atoms with Crippen molar-refractivity contribution in [1.29, 1.82) is 0 Å². The van der Waals surface area contributed by atoms with E-state index in [9.17, 15) is 4.79 Å². The lowest BCUT2D eigenvalue weighted by Gasteiger charge is -2.40. The van der Waals surface area contributed by atoms with E-state index in [1.807, 2.05) is 17.9 Å². The Morgan fingerprint density at radius 3 is 2.43 bits per heavy atom. The van der Waals surface area contributed by atoms with E-state index in [1.165, 1.54) is 32.4 Å². The standard InChI is InChI=1S/C16H23BrN2OS/c1-12-11-14(21-15(12)17)16(20)19-9-5-13(6-10-19)18-7-3-2-4-8-18/h11,13H,2-10H2,1H3. The van der Waals surface area contributed by atoms with Crippen molar-refractivity contribution in [2.75, 3.05) is 26.2 Å². The number of thiophene rings is 1.